The van der Waals surface area contributed by atoms with Gasteiger partial charge in [0.1, 0.15) is 5.75 Å². The number of nitrogens with two attached hydrogens (primary N) is 1. The van der Waals surface area contributed by atoms with Crippen molar-refractivity contribution in [3.63, 3.8) is 0 Å². The Hall–Kier alpha value is -1.39. The van der Waals surface area contributed by atoms with Gasteiger partial charge in [0.15, 0.2) is 0 Å². The number of hydrogen-bond acceptors (Lipinski definition) is 3. The van der Waals surface area contributed by atoms with Gasteiger partial charge >= 0.3 is 0 Å². The van der Waals surface area contributed by atoms with Gasteiger partial charge in [0.05, 0.1) is 29.2 Å². The summed E-state index contributed by atoms with van der Waals surface area (Å²) in [5, 5.41) is 3.77. The Morgan fingerprint density at radius 3 is 2.72 bits per heavy atom. The largest absolute Gasteiger partial charge is 0.497 e. The lowest BCUT2D eigenvalue weighted by molar-refractivity contribution is 0.415. The molecule has 2 aromatic carbocycles. The van der Waals surface area contributed by atoms with Gasteiger partial charge in [0, 0.05) is 10.5 Å². The molecule has 3 N–H and O–H groups in total. The average Bonchev–Trinajstić information content (AvgIpc) is 2.36. The van der Waals surface area contributed by atoms with Crippen LogP contribution in [-0.4, -0.2) is 7.11 Å². The lowest BCUT2D eigenvalue weighted by Crippen LogP contribution is -1.98. The Labute approximate surface area is 119 Å². The second-order valence-electron chi connectivity index (χ2n) is 3.67. The summed E-state index contributed by atoms with van der Waals surface area (Å²) in [7, 11) is 1.62. The molecule has 2 rings (SSSR count). The Bertz CT molecular complexity index is 555. The zero-order valence-electron chi connectivity index (χ0n) is 9.71. The summed E-state index contributed by atoms with van der Waals surface area (Å²) in [5.41, 5.74) is 8.02. The van der Waals surface area contributed by atoms with Crippen LogP contribution in [0.5, 0.6) is 5.75 Å². The smallest absolute Gasteiger partial charge is 0.121 e. The van der Waals surface area contributed by atoms with E-state index in [1.54, 1.807) is 19.2 Å². The first kappa shape index (κ1) is 13.1. The summed E-state index contributed by atoms with van der Waals surface area (Å²) in [5.74, 6) is 0.756. The van der Waals surface area contributed by atoms with Crippen LogP contribution in [0.4, 0.5) is 17.1 Å². The molecule has 0 saturated carbocycles. The lowest BCUT2D eigenvalue weighted by atomic mass is 10.2. The topological polar surface area (TPSA) is 47.3 Å². The fraction of sp³-hybridized carbons (Fsp3) is 0.0769. The molecule has 0 aromatic heterocycles. The number of para-hydroxylation sites is 1. The molecule has 0 spiro atoms. The zero-order valence-corrected chi connectivity index (χ0v) is 12.0. The normalized spacial score (nSPS) is 10.2. The van der Waals surface area contributed by atoms with Gasteiger partial charge < -0.3 is 15.8 Å². The molecule has 3 nitrogen and oxygen atoms in total. The highest BCUT2D eigenvalue weighted by atomic mass is 79.9. The van der Waals surface area contributed by atoms with Gasteiger partial charge in [-0.3, -0.25) is 0 Å². The summed E-state index contributed by atoms with van der Waals surface area (Å²) in [6.45, 7) is 0. The molecule has 94 valence electrons. The van der Waals surface area contributed by atoms with E-state index in [2.05, 4.69) is 21.2 Å². The van der Waals surface area contributed by atoms with E-state index < -0.39 is 0 Å². The minimum absolute atomic E-state index is 0.574. The van der Waals surface area contributed by atoms with Gasteiger partial charge in [-0.1, -0.05) is 17.7 Å². The molecular weight excluding hydrogens is 316 g/mol. The fourth-order valence-electron chi connectivity index (χ4n) is 1.53. The van der Waals surface area contributed by atoms with E-state index >= 15 is 0 Å². The number of methoxy groups -OCH3 is 1. The van der Waals surface area contributed by atoms with Crippen molar-refractivity contribution >= 4 is 44.6 Å². The first-order chi connectivity index (χ1) is 8.61. The van der Waals surface area contributed by atoms with E-state index in [0.717, 1.165) is 15.9 Å². The number of nitrogens with one attached hydrogen (secondary N) is 1. The van der Waals surface area contributed by atoms with Crippen molar-refractivity contribution in [1.29, 1.82) is 0 Å². The number of ether oxygens (including phenoxy) is 1. The van der Waals surface area contributed by atoms with Gasteiger partial charge in [0.25, 0.3) is 0 Å². The van der Waals surface area contributed by atoms with Gasteiger partial charge in [-0.25, -0.2) is 0 Å². The minimum atomic E-state index is 0.574. The second kappa shape index (κ2) is 5.50. The highest BCUT2D eigenvalue weighted by Crippen LogP contribution is 2.35. The third kappa shape index (κ3) is 2.71. The maximum Gasteiger partial charge on any atom is 0.121 e. The summed E-state index contributed by atoms with van der Waals surface area (Å²) in [6.07, 6.45) is 0. The Morgan fingerprint density at radius 1 is 1.28 bits per heavy atom. The summed E-state index contributed by atoms with van der Waals surface area (Å²) in [6, 6.07) is 11.0. The molecule has 0 fully saturated rings. The standard InChI is InChI=1S/C13H12BrClN2O/c1-18-8-5-6-9(14)12(7-8)17-13-10(15)3-2-4-11(13)16/h2-7,17H,16H2,1H3. The first-order valence-electron chi connectivity index (χ1n) is 5.26. The van der Waals surface area contributed by atoms with E-state index in [9.17, 15) is 0 Å². The summed E-state index contributed by atoms with van der Waals surface area (Å²) < 4.78 is 6.09. The molecule has 0 atom stereocenters. The predicted octanol–water partition coefficient (Wildman–Crippen LogP) is 4.44. The average molecular weight is 328 g/mol. The molecule has 0 unspecified atom stereocenters. The molecule has 2 aromatic rings. The third-order valence-corrected chi connectivity index (χ3v) is 3.49. The number of benzene rings is 2. The zero-order chi connectivity index (χ0) is 13.1. The quantitative estimate of drug-likeness (QED) is 0.819. The van der Waals surface area contributed by atoms with Crippen molar-refractivity contribution in [3.05, 3.63) is 45.9 Å². The molecule has 18 heavy (non-hydrogen) atoms. The lowest BCUT2D eigenvalue weighted by Gasteiger charge is -2.13. The molecule has 0 aliphatic carbocycles. The van der Waals surface area contributed by atoms with Crippen LogP contribution >= 0.6 is 27.5 Å². The molecule has 0 amide bonds. The number of hydrogen-bond donors (Lipinski definition) is 2. The van der Waals surface area contributed by atoms with Crippen molar-refractivity contribution in [1.82, 2.24) is 0 Å². The van der Waals surface area contributed by atoms with Crippen molar-refractivity contribution in [2.24, 2.45) is 0 Å². The third-order valence-electron chi connectivity index (χ3n) is 2.48. The van der Waals surface area contributed by atoms with Crippen LogP contribution in [-0.2, 0) is 0 Å². The summed E-state index contributed by atoms with van der Waals surface area (Å²) >= 11 is 9.58. The van der Waals surface area contributed by atoms with E-state index in [0.29, 0.717) is 16.4 Å². The van der Waals surface area contributed by atoms with E-state index in [1.807, 2.05) is 24.3 Å². The number of halogens is 2. The van der Waals surface area contributed by atoms with Crippen LogP contribution in [0.1, 0.15) is 0 Å². The SMILES string of the molecule is COc1ccc(Br)c(Nc2c(N)cccc2Cl)c1. The molecule has 0 radical (unpaired) electrons. The Balaban J connectivity index is 2.39. The van der Waals surface area contributed by atoms with Gasteiger partial charge in [-0.2, -0.15) is 0 Å². The maximum absolute atomic E-state index is 6.12. The molecule has 0 heterocycles. The fourth-order valence-corrected chi connectivity index (χ4v) is 2.11. The Morgan fingerprint density at radius 2 is 2.06 bits per heavy atom. The van der Waals surface area contributed by atoms with Crippen LogP contribution in [0, 0.1) is 0 Å². The number of nitrogen functional groups attached to an aromatic ring is 1. The highest BCUT2D eigenvalue weighted by Gasteiger charge is 2.08. The van der Waals surface area contributed by atoms with Crippen LogP contribution in [0.15, 0.2) is 40.9 Å². The van der Waals surface area contributed by atoms with Crippen LogP contribution < -0.4 is 15.8 Å². The predicted molar refractivity (Wildman–Crippen MR) is 79.8 cm³/mol. The molecule has 0 saturated heterocycles. The Kier molecular flexibility index (Phi) is 3.99. The highest BCUT2D eigenvalue weighted by molar-refractivity contribution is 9.10. The van der Waals surface area contributed by atoms with E-state index in [1.165, 1.54) is 0 Å². The summed E-state index contributed by atoms with van der Waals surface area (Å²) in [4.78, 5) is 0. The van der Waals surface area contributed by atoms with Gasteiger partial charge in [0.2, 0.25) is 0 Å². The van der Waals surface area contributed by atoms with Crippen molar-refractivity contribution in [2.75, 3.05) is 18.2 Å². The monoisotopic (exact) mass is 326 g/mol. The van der Waals surface area contributed by atoms with Crippen molar-refractivity contribution in [3.8, 4) is 5.75 Å². The van der Waals surface area contributed by atoms with E-state index in [-0.39, 0.29) is 0 Å². The molecule has 0 aliphatic heterocycles. The van der Waals surface area contributed by atoms with Gasteiger partial charge in [-0.05, 0) is 40.2 Å². The minimum Gasteiger partial charge on any atom is -0.497 e. The van der Waals surface area contributed by atoms with Crippen LogP contribution in [0.25, 0.3) is 0 Å². The molecule has 0 bridgehead atoms. The van der Waals surface area contributed by atoms with Gasteiger partial charge in [-0.15, -0.1) is 0 Å². The molecular formula is C13H12BrClN2O. The second-order valence-corrected chi connectivity index (χ2v) is 4.94. The maximum atomic E-state index is 6.12. The number of anilines is 3. The first-order valence-corrected chi connectivity index (χ1v) is 6.43. The van der Waals surface area contributed by atoms with Crippen LogP contribution in [0.2, 0.25) is 5.02 Å². The number of rotatable bonds is 3. The van der Waals surface area contributed by atoms with Crippen molar-refractivity contribution < 1.29 is 4.74 Å². The molecule has 5 heteroatoms. The van der Waals surface area contributed by atoms with E-state index in [4.69, 9.17) is 22.1 Å². The van der Waals surface area contributed by atoms with Crippen LogP contribution in [0.3, 0.4) is 0 Å². The molecule has 0 aliphatic rings. The van der Waals surface area contributed by atoms with Crippen molar-refractivity contribution in [2.45, 2.75) is 0 Å².